The van der Waals surface area contributed by atoms with E-state index in [-0.39, 0.29) is 5.69 Å². The topological polar surface area (TPSA) is 86.8 Å². The number of fused-ring (bicyclic) bond motifs is 1. The van der Waals surface area contributed by atoms with Crippen LogP contribution in [0.2, 0.25) is 0 Å². The molecule has 0 spiro atoms. The minimum absolute atomic E-state index is 0.367. The maximum absolute atomic E-state index is 11.8. The second-order valence-corrected chi connectivity index (χ2v) is 7.05. The van der Waals surface area contributed by atoms with Crippen molar-refractivity contribution in [2.24, 2.45) is 0 Å². The van der Waals surface area contributed by atoms with Crippen LogP contribution in [0.3, 0.4) is 0 Å². The number of nitrogens with zero attached hydrogens (tertiary/aromatic N) is 4. The fourth-order valence-corrected chi connectivity index (χ4v) is 3.66. The third-order valence-corrected chi connectivity index (χ3v) is 5.05. The van der Waals surface area contributed by atoms with E-state index >= 15 is 0 Å². The van der Waals surface area contributed by atoms with Gasteiger partial charge in [0.1, 0.15) is 5.82 Å². The number of hydrogen-bond donors (Lipinski definition) is 1. The van der Waals surface area contributed by atoms with Gasteiger partial charge in [-0.3, -0.25) is 0 Å². The molecule has 2 aromatic carbocycles. The fourth-order valence-electron chi connectivity index (χ4n) is 3.66. The Morgan fingerprint density at radius 1 is 1.10 bits per heavy atom. The van der Waals surface area contributed by atoms with Gasteiger partial charge >= 0.3 is 5.69 Å². The Balaban J connectivity index is 1.74. The standard InChI is InChI=1S/C23H21N5O/c1-3-6-21-20(22-26-23(29)27-28(22)15(2)25-21)13-16-9-11-17(12-10-16)19-8-5-4-7-18(19)14-24/h4-5,7-12H,3,6,13H2,1-2H3,(H,27,29). The first-order chi connectivity index (χ1) is 14.1. The Labute approximate surface area is 168 Å². The van der Waals surface area contributed by atoms with Crippen LogP contribution in [-0.4, -0.2) is 19.6 Å². The van der Waals surface area contributed by atoms with Gasteiger partial charge in [-0.1, -0.05) is 55.8 Å². The summed E-state index contributed by atoms with van der Waals surface area (Å²) in [6.07, 6.45) is 2.44. The summed E-state index contributed by atoms with van der Waals surface area (Å²) in [6.45, 7) is 3.98. The molecule has 4 rings (SSSR count). The van der Waals surface area contributed by atoms with E-state index in [2.05, 4.69) is 35.2 Å². The Bertz CT molecular complexity index is 1280. The van der Waals surface area contributed by atoms with Crippen LogP contribution in [0.1, 0.15) is 41.6 Å². The van der Waals surface area contributed by atoms with Crippen molar-refractivity contribution in [2.45, 2.75) is 33.1 Å². The molecule has 1 N–H and O–H groups in total. The van der Waals surface area contributed by atoms with Crippen molar-refractivity contribution in [1.29, 1.82) is 5.26 Å². The van der Waals surface area contributed by atoms with Gasteiger partial charge in [-0.15, -0.1) is 0 Å². The molecule has 0 saturated carbocycles. The molecule has 144 valence electrons. The van der Waals surface area contributed by atoms with Gasteiger partial charge in [-0.25, -0.2) is 19.4 Å². The monoisotopic (exact) mass is 383 g/mol. The molecule has 0 atom stereocenters. The van der Waals surface area contributed by atoms with Crippen molar-refractivity contribution in [3.63, 3.8) is 0 Å². The van der Waals surface area contributed by atoms with Crippen LogP contribution < -0.4 is 5.69 Å². The molecule has 0 aliphatic heterocycles. The van der Waals surface area contributed by atoms with Crippen LogP contribution in [0.15, 0.2) is 53.3 Å². The molecule has 0 bridgehead atoms. The summed E-state index contributed by atoms with van der Waals surface area (Å²) in [5.74, 6) is 0.727. The average molecular weight is 383 g/mol. The molecule has 0 amide bonds. The Hall–Kier alpha value is -3.72. The van der Waals surface area contributed by atoms with E-state index in [0.717, 1.165) is 46.6 Å². The van der Waals surface area contributed by atoms with Gasteiger partial charge in [0, 0.05) is 17.7 Å². The molecule has 0 unspecified atom stereocenters. The molecule has 2 aromatic heterocycles. The molecule has 4 aromatic rings. The third-order valence-electron chi connectivity index (χ3n) is 5.05. The van der Waals surface area contributed by atoms with E-state index in [4.69, 9.17) is 4.98 Å². The Morgan fingerprint density at radius 3 is 2.59 bits per heavy atom. The maximum atomic E-state index is 11.8. The van der Waals surface area contributed by atoms with Crippen LogP contribution in [0, 0.1) is 18.3 Å². The van der Waals surface area contributed by atoms with Crippen molar-refractivity contribution in [2.75, 3.05) is 0 Å². The van der Waals surface area contributed by atoms with E-state index in [1.54, 1.807) is 4.52 Å². The molecular weight excluding hydrogens is 362 g/mol. The fraction of sp³-hybridized carbons (Fsp3) is 0.217. The van der Waals surface area contributed by atoms with Crippen LogP contribution in [0.25, 0.3) is 16.8 Å². The third kappa shape index (κ3) is 3.55. The number of aromatic nitrogens is 4. The van der Waals surface area contributed by atoms with Crippen molar-refractivity contribution < 1.29 is 0 Å². The van der Waals surface area contributed by atoms with E-state index < -0.39 is 0 Å². The highest BCUT2D eigenvalue weighted by Gasteiger charge is 2.15. The first kappa shape index (κ1) is 18.6. The van der Waals surface area contributed by atoms with E-state index in [1.807, 2.05) is 43.3 Å². The first-order valence-electron chi connectivity index (χ1n) is 9.66. The number of rotatable bonds is 5. The molecule has 2 heterocycles. The van der Waals surface area contributed by atoms with E-state index in [9.17, 15) is 10.1 Å². The highest BCUT2D eigenvalue weighted by Crippen LogP contribution is 2.25. The number of H-pyrrole nitrogens is 1. The predicted molar refractivity (Wildman–Crippen MR) is 112 cm³/mol. The minimum Gasteiger partial charge on any atom is -0.244 e. The lowest BCUT2D eigenvalue weighted by atomic mass is 9.97. The summed E-state index contributed by atoms with van der Waals surface area (Å²) in [7, 11) is 0. The minimum atomic E-state index is -0.367. The number of nitrogens with one attached hydrogen (secondary N) is 1. The quantitative estimate of drug-likeness (QED) is 0.568. The molecule has 0 aliphatic carbocycles. The lowest BCUT2D eigenvalue weighted by Gasteiger charge is -2.12. The van der Waals surface area contributed by atoms with Crippen LogP contribution >= 0.6 is 0 Å². The van der Waals surface area contributed by atoms with Gasteiger partial charge in [0.05, 0.1) is 11.6 Å². The summed E-state index contributed by atoms with van der Waals surface area (Å²) in [5, 5.41) is 12.1. The van der Waals surface area contributed by atoms with Gasteiger partial charge in [0.2, 0.25) is 0 Å². The zero-order chi connectivity index (χ0) is 20.4. The summed E-state index contributed by atoms with van der Waals surface area (Å²) >= 11 is 0. The second-order valence-electron chi connectivity index (χ2n) is 7.05. The van der Waals surface area contributed by atoms with Gasteiger partial charge in [-0.05, 0) is 36.1 Å². The van der Waals surface area contributed by atoms with Crippen molar-refractivity contribution in [3.05, 3.63) is 87.2 Å². The molecule has 0 fully saturated rings. The highest BCUT2D eigenvalue weighted by atomic mass is 16.1. The Morgan fingerprint density at radius 2 is 1.86 bits per heavy atom. The molecule has 0 saturated heterocycles. The molecule has 6 heteroatoms. The molecular formula is C23H21N5O. The summed E-state index contributed by atoms with van der Waals surface area (Å²) in [6, 6.07) is 18.0. The van der Waals surface area contributed by atoms with Gasteiger partial charge < -0.3 is 0 Å². The van der Waals surface area contributed by atoms with Crippen molar-refractivity contribution >= 4 is 5.65 Å². The maximum Gasteiger partial charge on any atom is 0.362 e. The van der Waals surface area contributed by atoms with Crippen molar-refractivity contribution in [1.82, 2.24) is 19.6 Å². The molecule has 0 aliphatic rings. The molecule has 29 heavy (non-hydrogen) atoms. The number of benzene rings is 2. The first-order valence-corrected chi connectivity index (χ1v) is 9.66. The average Bonchev–Trinajstić information content (AvgIpc) is 3.14. The normalized spacial score (nSPS) is 10.9. The lowest BCUT2D eigenvalue weighted by Crippen LogP contribution is -2.08. The smallest absolute Gasteiger partial charge is 0.244 e. The van der Waals surface area contributed by atoms with Gasteiger partial charge in [-0.2, -0.15) is 10.2 Å². The second kappa shape index (κ2) is 7.72. The molecule has 6 nitrogen and oxygen atoms in total. The number of hydrogen-bond acceptors (Lipinski definition) is 4. The zero-order valence-corrected chi connectivity index (χ0v) is 16.4. The summed E-state index contributed by atoms with van der Waals surface area (Å²) < 4.78 is 1.66. The lowest BCUT2D eigenvalue weighted by molar-refractivity contribution is 0.787. The summed E-state index contributed by atoms with van der Waals surface area (Å²) in [4.78, 5) is 20.7. The van der Waals surface area contributed by atoms with Crippen molar-refractivity contribution in [3.8, 4) is 17.2 Å². The molecule has 0 radical (unpaired) electrons. The largest absolute Gasteiger partial charge is 0.362 e. The van der Waals surface area contributed by atoms with Gasteiger partial charge in [0.15, 0.2) is 5.65 Å². The van der Waals surface area contributed by atoms with Crippen LogP contribution in [0.4, 0.5) is 0 Å². The van der Waals surface area contributed by atoms with E-state index in [1.165, 1.54) is 0 Å². The number of nitriles is 1. The van der Waals surface area contributed by atoms with Gasteiger partial charge in [0.25, 0.3) is 0 Å². The van der Waals surface area contributed by atoms with Crippen LogP contribution in [-0.2, 0) is 12.8 Å². The zero-order valence-electron chi connectivity index (χ0n) is 16.4. The predicted octanol–water partition coefficient (Wildman–Crippen LogP) is 3.81. The van der Waals surface area contributed by atoms with E-state index in [0.29, 0.717) is 17.6 Å². The summed E-state index contributed by atoms with van der Waals surface area (Å²) in [5.41, 5.74) is 5.91. The van der Waals surface area contributed by atoms with Crippen LogP contribution in [0.5, 0.6) is 0 Å². The highest BCUT2D eigenvalue weighted by molar-refractivity contribution is 5.70. The Kier molecular flexibility index (Phi) is 4.96. The number of aryl methyl sites for hydroxylation is 2. The number of aromatic amines is 1. The SMILES string of the molecule is CCCc1nc(C)n2[nH]c(=O)nc2c1Cc1ccc(-c2ccccc2C#N)cc1.